The third kappa shape index (κ3) is 3.45. The molecule has 1 fully saturated rings. The molecule has 2 N–H and O–H groups in total. The molecule has 0 unspecified atom stereocenters. The fraction of sp³-hybridized carbons (Fsp3) is 0.429. The van der Waals surface area contributed by atoms with Crippen molar-refractivity contribution in [3.05, 3.63) is 29.1 Å². The van der Waals surface area contributed by atoms with Crippen LogP contribution in [-0.4, -0.2) is 23.2 Å². The van der Waals surface area contributed by atoms with E-state index in [1.807, 2.05) is 0 Å². The maximum Gasteiger partial charge on any atom is 0.453 e. The molecule has 0 aliphatic heterocycles. The Bertz CT molecular complexity index is 936. The van der Waals surface area contributed by atoms with E-state index in [1.54, 1.807) is 13.0 Å². The summed E-state index contributed by atoms with van der Waals surface area (Å²) in [7, 11) is 1.40. The zero-order chi connectivity index (χ0) is 18.6. The van der Waals surface area contributed by atoms with Gasteiger partial charge in [-0.1, -0.05) is 13.0 Å². The van der Waals surface area contributed by atoms with Crippen molar-refractivity contribution in [1.82, 2.24) is 14.8 Å². The smallest absolute Gasteiger partial charge is 0.368 e. The van der Waals surface area contributed by atoms with Crippen molar-refractivity contribution in [3.8, 4) is 5.69 Å². The Labute approximate surface area is 146 Å². The van der Waals surface area contributed by atoms with Gasteiger partial charge < -0.3 is 5.73 Å². The standard InChI is InChI=1S/C14H14ClF3N4O2S/c1-2-7-5-9(8-3-4-8)10(6-11(7)25(15,23)24)22-13(19)20-12(21-22)14(16,17)18/h5-6,8H,2-4H2,1H3,(H2,19,20,21). The summed E-state index contributed by atoms with van der Waals surface area (Å²) in [4.78, 5) is 3.07. The molecule has 0 spiro atoms. The predicted molar refractivity (Wildman–Crippen MR) is 85.2 cm³/mol. The maximum absolute atomic E-state index is 12.8. The van der Waals surface area contributed by atoms with Gasteiger partial charge in [-0.25, -0.2) is 8.42 Å². The quantitative estimate of drug-likeness (QED) is 0.804. The summed E-state index contributed by atoms with van der Waals surface area (Å²) in [6, 6.07) is 2.87. The highest BCUT2D eigenvalue weighted by atomic mass is 35.7. The lowest BCUT2D eigenvalue weighted by Crippen LogP contribution is -2.11. The SMILES string of the molecule is CCc1cc(C2CC2)c(-n2nc(C(F)(F)F)nc2N)cc1S(=O)(=O)Cl. The van der Waals surface area contributed by atoms with Crippen LogP contribution in [-0.2, 0) is 21.6 Å². The van der Waals surface area contributed by atoms with Crippen molar-refractivity contribution in [2.24, 2.45) is 0 Å². The molecule has 25 heavy (non-hydrogen) atoms. The minimum Gasteiger partial charge on any atom is -0.368 e. The van der Waals surface area contributed by atoms with E-state index in [1.165, 1.54) is 6.07 Å². The van der Waals surface area contributed by atoms with Gasteiger partial charge in [-0.05, 0) is 42.4 Å². The topological polar surface area (TPSA) is 90.9 Å². The summed E-state index contributed by atoms with van der Waals surface area (Å²) in [6.07, 6.45) is -2.65. The van der Waals surface area contributed by atoms with Crippen LogP contribution in [0.25, 0.3) is 5.69 Å². The van der Waals surface area contributed by atoms with Crippen LogP contribution in [0.1, 0.15) is 42.6 Å². The van der Waals surface area contributed by atoms with Crippen molar-refractivity contribution in [3.63, 3.8) is 0 Å². The molecule has 1 aliphatic rings. The number of aryl methyl sites for hydroxylation is 1. The largest absolute Gasteiger partial charge is 0.453 e. The van der Waals surface area contributed by atoms with Gasteiger partial charge in [-0.3, -0.25) is 0 Å². The number of alkyl halides is 3. The maximum atomic E-state index is 12.8. The molecule has 0 atom stereocenters. The van der Waals surface area contributed by atoms with Crippen molar-refractivity contribution >= 4 is 25.7 Å². The average Bonchev–Trinajstić information content (AvgIpc) is 3.26. The van der Waals surface area contributed by atoms with Crippen LogP contribution in [0.15, 0.2) is 17.0 Å². The number of aromatic nitrogens is 3. The number of rotatable bonds is 4. The molecule has 11 heteroatoms. The number of benzene rings is 1. The van der Waals surface area contributed by atoms with E-state index in [2.05, 4.69) is 10.1 Å². The van der Waals surface area contributed by atoms with Gasteiger partial charge in [0.05, 0.1) is 10.6 Å². The lowest BCUT2D eigenvalue weighted by atomic mass is 10.0. The van der Waals surface area contributed by atoms with Crippen molar-refractivity contribution in [2.75, 3.05) is 5.73 Å². The van der Waals surface area contributed by atoms with E-state index < -0.39 is 27.0 Å². The van der Waals surface area contributed by atoms with E-state index in [0.29, 0.717) is 17.5 Å². The third-order valence-corrected chi connectivity index (χ3v) is 5.39. The van der Waals surface area contributed by atoms with Gasteiger partial charge in [0.2, 0.25) is 5.95 Å². The van der Waals surface area contributed by atoms with Crippen LogP contribution in [0.4, 0.5) is 19.1 Å². The summed E-state index contributed by atoms with van der Waals surface area (Å²) in [6.45, 7) is 1.77. The van der Waals surface area contributed by atoms with Gasteiger partial charge in [0.15, 0.2) is 0 Å². The van der Waals surface area contributed by atoms with Gasteiger partial charge in [-0.2, -0.15) is 22.8 Å². The predicted octanol–water partition coefficient (Wildman–Crippen LogP) is 3.24. The van der Waals surface area contributed by atoms with E-state index in [-0.39, 0.29) is 16.5 Å². The highest BCUT2D eigenvalue weighted by Gasteiger charge is 2.38. The fourth-order valence-electron chi connectivity index (χ4n) is 2.66. The normalized spacial score (nSPS) is 15.6. The number of halogens is 4. The van der Waals surface area contributed by atoms with E-state index in [4.69, 9.17) is 16.4 Å². The monoisotopic (exact) mass is 394 g/mol. The Kier molecular flexibility index (Phi) is 4.23. The number of hydrogen-bond donors (Lipinski definition) is 1. The molecule has 6 nitrogen and oxygen atoms in total. The van der Waals surface area contributed by atoms with Gasteiger partial charge in [0, 0.05) is 10.7 Å². The molecule has 1 saturated carbocycles. The zero-order valence-electron chi connectivity index (χ0n) is 13.0. The molecule has 0 radical (unpaired) electrons. The third-order valence-electron chi connectivity index (χ3n) is 3.98. The number of anilines is 1. The van der Waals surface area contributed by atoms with Crippen LogP contribution in [0.2, 0.25) is 0 Å². The molecule has 1 aliphatic carbocycles. The Morgan fingerprint density at radius 2 is 2.00 bits per heavy atom. The molecule has 3 rings (SSSR count). The number of nitrogen functional groups attached to an aromatic ring is 1. The van der Waals surface area contributed by atoms with Crippen molar-refractivity contribution in [2.45, 2.75) is 43.2 Å². The van der Waals surface area contributed by atoms with Crippen LogP contribution in [0.5, 0.6) is 0 Å². The van der Waals surface area contributed by atoms with Crippen LogP contribution < -0.4 is 5.73 Å². The van der Waals surface area contributed by atoms with E-state index in [9.17, 15) is 21.6 Å². The summed E-state index contributed by atoms with van der Waals surface area (Å²) in [5, 5.41) is 3.42. The first kappa shape index (κ1) is 18.0. The molecular formula is C14H14ClF3N4O2S. The zero-order valence-corrected chi connectivity index (χ0v) is 14.6. The van der Waals surface area contributed by atoms with Gasteiger partial charge in [-0.15, -0.1) is 5.10 Å². The molecule has 0 bridgehead atoms. The second kappa shape index (κ2) is 5.87. The van der Waals surface area contributed by atoms with Gasteiger partial charge in [0.25, 0.3) is 14.9 Å². The van der Waals surface area contributed by atoms with Crippen LogP contribution in [0, 0.1) is 0 Å². The Morgan fingerprint density at radius 1 is 1.36 bits per heavy atom. The number of nitrogens with two attached hydrogens (primary N) is 1. The summed E-state index contributed by atoms with van der Waals surface area (Å²) >= 11 is 0. The molecule has 0 amide bonds. The summed E-state index contributed by atoms with van der Waals surface area (Å²) < 4.78 is 63.1. The van der Waals surface area contributed by atoms with Crippen molar-refractivity contribution < 1.29 is 21.6 Å². The highest BCUT2D eigenvalue weighted by Crippen LogP contribution is 2.44. The molecule has 1 heterocycles. The molecular weight excluding hydrogens is 381 g/mol. The first-order valence-electron chi connectivity index (χ1n) is 7.44. The molecule has 1 aromatic carbocycles. The number of nitrogens with zero attached hydrogens (tertiary/aromatic N) is 3. The molecule has 136 valence electrons. The lowest BCUT2D eigenvalue weighted by Gasteiger charge is -2.14. The van der Waals surface area contributed by atoms with Crippen molar-refractivity contribution in [1.29, 1.82) is 0 Å². The molecule has 2 aromatic rings. The second-order valence-electron chi connectivity index (χ2n) is 5.79. The van der Waals surface area contributed by atoms with E-state index in [0.717, 1.165) is 17.5 Å². The van der Waals surface area contributed by atoms with E-state index >= 15 is 0 Å². The summed E-state index contributed by atoms with van der Waals surface area (Å²) in [5.74, 6) is -1.75. The van der Waals surface area contributed by atoms with Crippen LogP contribution in [0.3, 0.4) is 0 Å². The molecule has 1 aromatic heterocycles. The Hall–Kier alpha value is -1.81. The first-order chi connectivity index (χ1) is 11.5. The van der Waals surface area contributed by atoms with Gasteiger partial charge in [0.1, 0.15) is 0 Å². The lowest BCUT2D eigenvalue weighted by molar-refractivity contribution is -0.144. The van der Waals surface area contributed by atoms with Gasteiger partial charge >= 0.3 is 6.18 Å². The molecule has 0 saturated heterocycles. The minimum atomic E-state index is -4.76. The first-order valence-corrected chi connectivity index (χ1v) is 9.75. The minimum absolute atomic E-state index is 0.116. The fourth-order valence-corrected chi connectivity index (χ4v) is 3.86. The average molecular weight is 395 g/mol. The summed E-state index contributed by atoms with van der Waals surface area (Å²) in [5.41, 5.74) is 6.93. The second-order valence-corrected chi connectivity index (χ2v) is 8.32. The highest BCUT2D eigenvalue weighted by molar-refractivity contribution is 8.13. The Morgan fingerprint density at radius 3 is 2.44 bits per heavy atom. The van der Waals surface area contributed by atoms with Crippen LogP contribution >= 0.6 is 10.7 Å². The Balaban J connectivity index is 2.26. The number of hydrogen-bond acceptors (Lipinski definition) is 5.